The van der Waals surface area contributed by atoms with E-state index >= 15 is 0 Å². The molecule has 2 N–H and O–H groups in total. The molecule has 0 spiro atoms. The number of hydrogen-bond acceptors (Lipinski definition) is 5. The lowest BCUT2D eigenvalue weighted by Crippen LogP contribution is -2.44. The van der Waals surface area contributed by atoms with Crippen LogP contribution in [-0.2, 0) is 20.8 Å². The first kappa shape index (κ1) is 22.0. The van der Waals surface area contributed by atoms with Gasteiger partial charge in [-0.15, -0.1) is 11.3 Å². The van der Waals surface area contributed by atoms with Crippen molar-refractivity contribution in [3.05, 3.63) is 41.4 Å². The number of aromatic nitrogens is 1. The highest BCUT2D eigenvalue weighted by molar-refractivity contribution is 7.13. The zero-order chi connectivity index (χ0) is 21.3. The van der Waals surface area contributed by atoms with Crippen LogP contribution in [0, 0.1) is 0 Å². The van der Waals surface area contributed by atoms with E-state index in [1.165, 1.54) is 16.2 Å². The molecule has 3 amide bonds. The van der Waals surface area contributed by atoms with Crippen molar-refractivity contribution in [3.8, 4) is 0 Å². The second-order valence-corrected chi connectivity index (χ2v) is 8.29. The number of para-hydroxylation sites is 1. The molecule has 160 valence electrons. The van der Waals surface area contributed by atoms with Crippen molar-refractivity contribution in [2.45, 2.75) is 57.9 Å². The number of benzene rings is 1. The van der Waals surface area contributed by atoms with E-state index in [0.717, 1.165) is 43.4 Å². The highest BCUT2D eigenvalue weighted by Crippen LogP contribution is 2.23. The summed E-state index contributed by atoms with van der Waals surface area (Å²) < 4.78 is 0. The molecule has 1 saturated carbocycles. The van der Waals surface area contributed by atoms with Crippen molar-refractivity contribution < 1.29 is 14.4 Å². The molecule has 0 saturated heterocycles. The van der Waals surface area contributed by atoms with E-state index in [2.05, 4.69) is 15.6 Å². The largest absolute Gasteiger partial charge is 0.352 e. The Balaban J connectivity index is 1.66. The molecular formula is C22H28N4O3S. The van der Waals surface area contributed by atoms with Crippen molar-refractivity contribution in [2.75, 3.05) is 16.8 Å². The molecular weight excluding hydrogens is 400 g/mol. The monoisotopic (exact) mass is 428 g/mol. The normalized spacial score (nSPS) is 13.8. The molecule has 7 nitrogen and oxygen atoms in total. The minimum Gasteiger partial charge on any atom is -0.352 e. The number of nitrogens with zero attached hydrogens (tertiary/aromatic N) is 2. The highest BCUT2D eigenvalue weighted by atomic mass is 32.1. The predicted molar refractivity (Wildman–Crippen MR) is 119 cm³/mol. The lowest BCUT2D eigenvalue weighted by molar-refractivity contribution is -0.125. The van der Waals surface area contributed by atoms with Gasteiger partial charge in [0.1, 0.15) is 6.54 Å². The van der Waals surface area contributed by atoms with Gasteiger partial charge < -0.3 is 15.5 Å². The molecule has 1 aliphatic rings. The number of amides is 3. The van der Waals surface area contributed by atoms with E-state index < -0.39 is 0 Å². The minimum atomic E-state index is -0.266. The van der Waals surface area contributed by atoms with Crippen molar-refractivity contribution in [1.82, 2.24) is 10.3 Å². The second-order valence-electron chi connectivity index (χ2n) is 7.40. The van der Waals surface area contributed by atoms with Crippen LogP contribution in [0.3, 0.4) is 0 Å². The zero-order valence-corrected chi connectivity index (χ0v) is 18.0. The van der Waals surface area contributed by atoms with Gasteiger partial charge in [-0.3, -0.25) is 14.4 Å². The predicted octanol–water partition coefficient (Wildman–Crippen LogP) is 3.52. The van der Waals surface area contributed by atoms with Crippen LogP contribution in [0.25, 0.3) is 0 Å². The molecule has 0 unspecified atom stereocenters. The Morgan fingerprint density at radius 1 is 1.13 bits per heavy atom. The Morgan fingerprint density at radius 2 is 1.90 bits per heavy atom. The van der Waals surface area contributed by atoms with Gasteiger partial charge in [0.2, 0.25) is 17.7 Å². The number of thiazole rings is 1. The van der Waals surface area contributed by atoms with E-state index in [1.54, 1.807) is 11.6 Å². The molecule has 1 aliphatic carbocycles. The summed E-state index contributed by atoms with van der Waals surface area (Å²) in [6.07, 6.45) is 6.64. The third kappa shape index (κ3) is 6.13. The Morgan fingerprint density at radius 3 is 2.60 bits per heavy atom. The third-order valence-corrected chi connectivity index (χ3v) is 5.92. The van der Waals surface area contributed by atoms with Gasteiger partial charge in [0.25, 0.3) is 0 Å². The first-order valence-corrected chi connectivity index (χ1v) is 11.3. The minimum absolute atomic E-state index is 0.0198. The molecule has 1 aromatic carbocycles. The van der Waals surface area contributed by atoms with Gasteiger partial charge in [0.05, 0.1) is 0 Å². The molecule has 0 aliphatic heterocycles. The molecule has 1 fully saturated rings. The molecule has 0 atom stereocenters. The molecule has 1 aromatic heterocycles. The van der Waals surface area contributed by atoms with Crippen LogP contribution < -0.4 is 15.5 Å². The van der Waals surface area contributed by atoms with Crippen LogP contribution in [0.5, 0.6) is 0 Å². The van der Waals surface area contributed by atoms with Gasteiger partial charge in [-0.1, -0.05) is 38.0 Å². The van der Waals surface area contributed by atoms with Crippen LogP contribution in [0.4, 0.5) is 10.8 Å². The first-order valence-electron chi connectivity index (χ1n) is 10.4. The van der Waals surface area contributed by atoms with Crippen molar-refractivity contribution in [3.63, 3.8) is 0 Å². The van der Waals surface area contributed by atoms with Crippen molar-refractivity contribution in [2.24, 2.45) is 0 Å². The summed E-state index contributed by atoms with van der Waals surface area (Å²) in [5.74, 6) is -0.669. The number of rotatable bonds is 9. The zero-order valence-electron chi connectivity index (χ0n) is 17.2. The summed E-state index contributed by atoms with van der Waals surface area (Å²) in [4.78, 5) is 43.4. The highest BCUT2D eigenvalue weighted by Gasteiger charge is 2.24. The number of aryl methyl sites for hydroxylation is 1. The van der Waals surface area contributed by atoms with Gasteiger partial charge in [0, 0.05) is 36.1 Å². The third-order valence-electron chi connectivity index (χ3n) is 5.23. The molecule has 3 rings (SSSR count). The van der Waals surface area contributed by atoms with E-state index in [4.69, 9.17) is 0 Å². The Hall–Kier alpha value is -2.74. The van der Waals surface area contributed by atoms with Crippen LogP contribution in [0.1, 0.15) is 51.0 Å². The maximum atomic E-state index is 13.0. The fourth-order valence-electron chi connectivity index (χ4n) is 3.69. The van der Waals surface area contributed by atoms with Crippen molar-refractivity contribution in [1.29, 1.82) is 0 Å². The van der Waals surface area contributed by atoms with Crippen LogP contribution in [0.15, 0.2) is 35.8 Å². The summed E-state index contributed by atoms with van der Waals surface area (Å²) in [6, 6.07) is 7.79. The molecule has 8 heteroatoms. The van der Waals surface area contributed by atoms with Gasteiger partial charge in [-0.2, -0.15) is 0 Å². The van der Waals surface area contributed by atoms with Crippen molar-refractivity contribution >= 4 is 39.9 Å². The Kier molecular flexibility index (Phi) is 7.96. The quantitative estimate of drug-likeness (QED) is 0.639. The summed E-state index contributed by atoms with van der Waals surface area (Å²) in [7, 11) is 0. The number of hydrogen-bond donors (Lipinski definition) is 2. The summed E-state index contributed by atoms with van der Waals surface area (Å²) in [5, 5.41) is 8.01. The maximum absolute atomic E-state index is 13.0. The van der Waals surface area contributed by atoms with Gasteiger partial charge >= 0.3 is 0 Å². The summed E-state index contributed by atoms with van der Waals surface area (Å²) in [5.41, 5.74) is 1.72. The number of anilines is 2. The number of carbonyl (C=O) groups is 3. The average Bonchev–Trinajstić information content (AvgIpc) is 3.44. The van der Waals surface area contributed by atoms with E-state index in [9.17, 15) is 14.4 Å². The molecule has 2 aromatic rings. The SMILES string of the molecule is CCc1ccccc1N(CC(=O)NC1CCCC1)C(=O)CCC(=O)Nc1nccs1. The smallest absolute Gasteiger partial charge is 0.240 e. The summed E-state index contributed by atoms with van der Waals surface area (Å²) >= 11 is 1.33. The van der Waals surface area contributed by atoms with Crippen LogP contribution >= 0.6 is 11.3 Å². The Labute approximate surface area is 180 Å². The standard InChI is InChI=1S/C22H28N4O3S/c1-2-16-7-3-6-10-18(16)26(15-20(28)24-17-8-4-5-9-17)21(29)12-11-19(27)25-22-23-13-14-30-22/h3,6-7,10,13-14,17H,2,4-5,8-9,11-12,15H2,1H3,(H,24,28)(H,23,25,27). The van der Waals surface area contributed by atoms with Crippen LogP contribution in [0.2, 0.25) is 0 Å². The average molecular weight is 429 g/mol. The molecule has 0 radical (unpaired) electrons. The maximum Gasteiger partial charge on any atom is 0.240 e. The number of carbonyl (C=O) groups excluding carboxylic acids is 3. The van der Waals surface area contributed by atoms with Gasteiger partial charge in [-0.05, 0) is 30.9 Å². The first-order chi connectivity index (χ1) is 14.6. The number of nitrogens with one attached hydrogen (secondary N) is 2. The lowest BCUT2D eigenvalue weighted by Gasteiger charge is -2.25. The fourth-order valence-corrected chi connectivity index (χ4v) is 4.24. The fraction of sp³-hybridized carbons (Fsp3) is 0.455. The van der Waals surface area contributed by atoms with E-state index in [-0.39, 0.29) is 43.1 Å². The summed E-state index contributed by atoms with van der Waals surface area (Å²) in [6.45, 7) is 1.97. The van der Waals surface area contributed by atoms with Gasteiger partial charge in [0.15, 0.2) is 5.13 Å². The van der Waals surface area contributed by atoms with Crippen LogP contribution in [-0.4, -0.2) is 35.3 Å². The Bertz CT molecular complexity index is 863. The van der Waals surface area contributed by atoms with Gasteiger partial charge in [-0.25, -0.2) is 4.98 Å². The second kappa shape index (κ2) is 10.9. The topological polar surface area (TPSA) is 91.4 Å². The van der Waals surface area contributed by atoms with E-state index in [0.29, 0.717) is 5.13 Å². The molecule has 1 heterocycles. The van der Waals surface area contributed by atoms with E-state index in [1.807, 2.05) is 31.2 Å². The molecule has 0 bridgehead atoms. The molecule has 30 heavy (non-hydrogen) atoms. The lowest BCUT2D eigenvalue weighted by atomic mass is 10.1.